The third-order valence-electron chi connectivity index (χ3n) is 2.86. The molecule has 0 atom stereocenters. The molecule has 13 heavy (non-hydrogen) atoms. The molecule has 1 heterocycles. The molecule has 0 aliphatic carbocycles. The Labute approximate surface area is 80.7 Å². The minimum absolute atomic E-state index is 0.0656. The molecule has 1 fully saturated rings. The molecule has 0 aromatic rings. The van der Waals surface area contributed by atoms with Gasteiger partial charge in [-0.15, -0.1) is 0 Å². The third kappa shape index (κ3) is 1.85. The maximum absolute atomic E-state index is 11.7. The molecule has 1 rings (SSSR count). The lowest BCUT2D eigenvalue weighted by Gasteiger charge is -2.52. The molecular weight excluding hydrogens is 164 g/mol. The van der Waals surface area contributed by atoms with Crippen molar-refractivity contribution in [1.29, 1.82) is 0 Å². The Morgan fingerprint density at radius 3 is 2.23 bits per heavy atom. The van der Waals surface area contributed by atoms with Crippen LogP contribution in [0.4, 0.5) is 0 Å². The summed E-state index contributed by atoms with van der Waals surface area (Å²) in [4.78, 5) is 15.8. The van der Waals surface area contributed by atoms with E-state index >= 15 is 0 Å². The van der Waals surface area contributed by atoms with Crippen molar-refractivity contribution in [1.82, 2.24) is 9.80 Å². The monoisotopic (exact) mass is 184 g/mol. The molecule has 3 nitrogen and oxygen atoms in total. The summed E-state index contributed by atoms with van der Waals surface area (Å²) in [6, 6.07) is 0. The van der Waals surface area contributed by atoms with Crippen molar-refractivity contribution in [3.63, 3.8) is 0 Å². The number of hydrogen-bond acceptors (Lipinski definition) is 2. The van der Waals surface area contributed by atoms with E-state index < -0.39 is 0 Å². The SMILES string of the molecule is CC(C)C(=O)N(C)C1(C)CN(C)C1. The highest BCUT2D eigenvalue weighted by molar-refractivity contribution is 5.78. The average molecular weight is 184 g/mol. The van der Waals surface area contributed by atoms with Crippen LogP contribution in [-0.2, 0) is 4.79 Å². The predicted octanol–water partition coefficient (Wildman–Crippen LogP) is 0.805. The molecule has 1 aliphatic heterocycles. The molecule has 0 aromatic carbocycles. The zero-order valence-corrected chi connectivity index (χ0v) is 9.29. The lowest BCUT2D eigenvalue weighted by molar-refractivity contribution is -0.144. The summed E-state index contributed by atoms with van der Waals surface area (Å²) < 4.78 is 0. The normalized spacial score (nSPS) is 21.4. The van der Waals surface area contributed by atoms with E-state index in [0.717, 1.165) is 13.1 Å². The maximum Gasteiger partial charge on any atom is 0.225 e. The summed E-state index contributed by atoms with van der Waals surface area (Å²) in [5.41, 5.74) is 0.0656. The highest BCUT2D eigenvalue weighted by Crippen LogP contribution is 2.25. The van der Waals surface area contributed by atoms with Gasteiger partial charge < -0.3 is 9.80 Å². The molecule has 0 aromatic heterocycles. The van der Waals surface area contributed by atoms with E-state index in [0.29, 0.717) is 0 Å². The summed E-state index contributed by atoms with van der Waals surface area (Å²) in [6.07, 6.45) is 0. The number of nitrogens with zero attached hydrogens (tertiary/aromatic N) is 2. The predicted molar refractivity (Wildman–Crippen MR) is 53.5 cm³/mol. The fourth-order valence-corrected chi connectivity index (χ4v) is 1.98. The number of amides is 1. The molecule has 1 amide bonds. The summed E-state index contributed by atoms with van der Waals surface area (Å²) >= 11 is 0. The van der Waals surface area contributed by atoms with Gasteiger partial charge in [-0.05, 0) is 14.0 Å². The fourth-order valence-electron chi connectivity index (χ4n) is 1.98. The summed E-state index contributed by atoms with van der Waals surface area (Å²) in [6.45, 7) is 8.02. The number of likely N-dealkylation sites (N-methyl/N-ethyl adjacent to an activating group) is 2. The van der Waals surface area contributed by atoms with Crippen molar-refractivity contribution in [2.45, 2.75) is 26.3 Å². The molecule has 3 heteroatoms. The second-order valence-corrected chi connectivity index (χ2v) is 4.72. The third-order valence-corrected chi connectivity index (χ3v) is 2.86. The van der Waals surface area contributed by atoms with Crippen LogP contribution >= 0.6 is 0 Å². The van der Waals surface area contributed by atoms with Gasteiger partial charge in [-0.2, -0.15) is 0 Å². The molecule has 76 valence electrons. The Hall–Kier alpha value is -0.570. The Morgan fingerprint density at radius 1 is 1.46 bits per heavy atom. The Kier molecular flexibility index (Phi) is 2.66. The smallest absolute Gasteiger partial charge is 0.225 e. The molecule has 0 unspecified atom stereocenters. The van der Waals surface area contributed by atoms with Crippen molar-refractivity contribution in [3.05, 3.63) is 0 Å². The van der Waals surface area contributed by atoms with Crippen molar-refractivity contribution >= 4 is 5.91 Å². The van der Waals surface area contributed by atoms with E-state index in [1.807, 2.05) is 25.8 Å². The first-order valence-corrected chi connectivity index (χ1v) is 4.83. The highest BCUT2D eigenvalue weighted by atomic mass is 16.2. The van der Waals surface area contributed by atoms with Crippen LogP contribution in [0.3, 0.4) is 0 Å². The van der Waals surface area contributed by atoms with Gasteiger partial charge in [-0.1, -0.05) is 13.8 Å². The van der Waals surface area contributed by atoms with Gasteiger partial charge in [-0.25, -0.2) is 0 Å². The van der Waals surface area contributed by atoms with Crippen LogP contribution in [0.2, 0.25) is 0 Å². The number of likely N-dealkylation sites (tertiary alicyclic amines) is 1. The van der Waals surface area contributed by atoms with Gasteiger partial charge in [0, 0.05) is 26.1 Å². The molecule has 0 spiro atoms. The molecule has 0 N–H and O–H groups in total. The quantitative estimate of drug-likeness (QED) is 0.634. The summed E-state index contributed by atoms with van der Waals surface area (Å²) in [7, 11) is 3.99. The van der Waals surface area contributed by atoms with Crippen LogP contribution in [0.15, 0.2) is 0 Å². The average Bonchev–Trinajstić information content (AvgIpc) is 1.99. The fraction of sp³-hybridized carbons (Fsp3) is 0.900. The van der Waals surface area contributed by atoms with E-state index in [2.05, 4.69) is 18.9 Å². The second-order valence-electron chi connectivity index (χ2n) is 4.72. The second kappa shape index (κ2) is 3.29. The van der Waals surface area contributed by atoms with E-state index in [9.17, 15) is 4.79 Å². The Bertz CT molecular complexity index is 207. The van der Waals surface area contributed by atoms with Crippen LogP contribution < -0.4 is 0 Å². The Balaban J connectivity index is 2.58. The van der Waals surface area contributed by atoms with Crippen molar-refractivity contribution < 1.29 is 4.79 Å². The molecular formula is C10H20N2O. The first-order chi connectivity index (χ1) is 5.87. The zero-order chi connectivity index (χ0) is 10.2. The largest absolute Gasteiger partial charge is 0.338 e. The lowest BCUT2D eigenvalue weighted by atomic mass is 9.90. The first kappa shape index (κ1) is 10.5. The topological polar surface area (TPSA) is 23.6 Å². The maximum atomic E-state index is 11.7. The van der Waals surface area contributed by atoms with Gasteiger partial charge in [0.05, 0.1) is 5.54 Å². The van der Waals surface area contributed by atoms with Crippen LogP contribution in [-0.4, -0.2) is 48.4 Å². The first-order valence-electron chi connectivity index (χ1n) is 4.83. The molecule has 1 aliphatic rings. The van der Waals surface area contributed by atoms with Crippen molar-refractivity contribution in [2.75, 3.05) is 27.2 Å². The standard InChI is InChI=1S/C10H20N2O/c1-8(2)9(13)12(5)10(3)6-11(4)7-10/h8H,6-7H2,1-5H3. The molecule has 1 saturated heterocycles. The van der Waals surface area contributed by atoms with E-state index in [4.69, 9.17) is 0 Å². The van der Waals surface area contributed by atoms with E-state index in [1.54, 1.807) is 0 Å². The number of carbonyl (C=O) groups is 1. The molecule has 0 radical (unpaired) electrons. The number of carbonyl (C=O) groups excluding carboxylic acids is 1. The van der Waals surface area contributed by atoms with Crippen LogP contribution in [0.1, 0.15) is 20.8 Å². The van der Waals surface area contributed by atoms with Gasteiger partial charge in [0.2, 0.25) is 5.91 Å². The van der Waals surface area contributed by atoms with Crippen LogP contribution in [0.25, 0.3) is 0 Å². The highest BCUT2D eigenvalue weighted by Gasteiger charge is 2.42. The number of hydrogen-bond donors (Lipinski definition) is 0. The van der Waals surface area contributed by atoms with Crippen molar-refractivity contribution in [2.24, 2.45) is 5.92 Å². The number of rotatable bonds is 2. The zero-order valence-electron chi connectivity index (χ0n) is 9.29. The molecule has 0 saturated carbocycles. The van der Waals surface area contributed by atoms with Gasteiger partial charge in [0.1, 0.15) is 0 Å². The minimum Gasteiger partial charge on any atom is -0.338 e. The molecule has 0 bridgehead atoms. The Morgan fingerprint density at radius 2 is 1.92 bits per heavy atom. The van der Waals surface area contributed by atoms with Crippen LogP contribution in [0, 0.1) is 5.92 Å². The summed E-state index contributed by atoms with van der Waals surface area (Å²) in [5.74, 6) is 0.350. The van der Waals surface area contributed by atoms with E-state index in [1.165, 1.54) is 0 Å². The van der Waals surface area contributed by atoms with Crippen molar-refractivity contribution in [3.8, 4) is 0 Å². The van der Waals surface area contributed by atoms with Gasteiger partial charge in [-0.3, -0.25) is 4.79 Å². The van der Waals surface area contributed by atoms with Gasteiger partial charge in [0.25, 0.3) is 0 Å². The lowest BCUT2D eigenvalue weighted by Crippen LogP contribution is -2.67. The summed E-state index contributed by atoms with van der Waals surface area (Å²) in [5, 5.41) is 0. The van der Waals surface area contributed by atoms with Gasteiger partial charge >= 0.3 is 0 Å². The van der Waals surface area contributed by atoms with E-state index in [-0.39, 0.29) is 17.4 Å². The van der Waals surface area contributed by atoms with Gasteiger partial charge in [0.15, 0.2) is 0 Å². The minimum atomic E-state index is 0.0656. The van der Waals surface area contributed by atoms with Crippen LogP contribution in [0.5, 0.6) is 0 Å².